The lowest BCUT2D eigenvalue weighted by Gasteiger charge is -2.26. The first-order valence-electron chi connectivity index (χ1n) is 6.92. The largest absolute Gasteiger partial charge is 0.496 e. The van der Waals surface area contributed by atoms with Crippen LogP contribution in [0.25, 0.3) is 0 Å². The first kappa shape index (κ1) is 13.8. The number of rotatable bonds is 4. The standard InChI is InChI=1S/C15H18N4O2/c1-9-5-14(21-3)10(2)4-12(9)15(20)13-8-19(18-17-13)11-6-16-7-11/h4-5,8,11,16H,6-7H2,1-3H3. The monoisotopic (exact) mass is 286 g/mol. The van der Waals surface area contributed by atoms with Gasteiger partial charge in [0, 0.05) is 18.7 Å². The molecule has 1 aliphatic rings. The second-order valence-corrected chi connectivity index (χ2v) is 5.36. The van der Waals surface area contributed by atoms with Crippen molar-refractivity contribution in [1.82, 2.24) is 20.3 Å². The van der Waals surface area contributed by atoms with Gasteiger partial charge in [0.15, 0.2) is 5.69 Å². The van der Waals surface area contributed by atoms with Crippen LogP contribution in [0.2, 0.25) is 0 Å². The van der Waals surface area contributed by atoms with E-state index in [4.69, 9.17) is 4.74 Å². The molecule has 0 aliphatic carbocycles. The summed E-state index contributed by atoms with van der Waals surface area (Å²) in [5.41, 5.74) is 2.84. The Bertz CT molecular complexity index is 689. The molecule has 1 aromatic heterocycles. The molecule has 0 atom stereocenters. The Hall–Kier alpha value is -2.21. The van der Waals surface area contributed by atoms with E-state index in [-0.39, 0.29) is 5.78 Å². The van der Waals surface area contributed by atoms with Crippen molar-refractivity contribution < 1.29 is 9.53 Å². The molecule has 0 spiro atoms. The second-order valence-electron chi connectivity index (χ2n) is 5.36. The van der Waals surface area contributed by atoms with Gasteiger partial charge in [-0.15, -0.1) is 5.10 Å². The average molecular weight is 286 g/mol. The van der Waals surface area contributed by atoms with Crippen LogP contribution in [0.15, 0.2) is 18.3 Å². The number of hydrogen-bond acceptors (Lipinski definition) is 5. The molecule has 1 saturated heterocycles. The topological polar surface area (TPSA) is 69.0 Å². The molecular weight excluding hydrogens is 268 g/mol. The highest BCUT2D eigenvalue weighted by molar-refractivity contribution is 6.08. The van der Waals surface area contributed by atoms with E-state index in [9.17, 15) is 4.79 Å². The Morgan fingerprint density at radius 1 is 1.33 bits per heavy atom. The number of carbonyl (C=O) groups is 1. The maximum atomic E-state index is 12.6. The number of ether oxygens (including phenoxy) is 1. The third-order valence-electron chi connectivity index (χ3n) is 3.86. The van der Waals surface area contributed by atoms with Gasteiger partial charge in [0.05, 0.1) is 19.3 Å². The minimum Gasteiger partial charge on any atom is -0.496 e. The van der Waals surface area contributed by atoms with E-state index in [1.54, 1.807) is 18.0 Å². The zero-order valence-electron chi connectivity index (χ0n) is 12.4. The third kappa shape index (κ3) is 2.42. The second kappa shape index (κ2) is 5.29. The van der Waals surface area contributed by atoms with Gasteiger partial charge >= 0.3 is 0 Å². The maximum Gasteiger partial charge on any atom is 0.215 e. The molecule has 3 rings (SSSR count). The molecule has 21 heavy (non-hydrogen) atoms. The van der Waals surface area contributed by atoms with Crippen LogP contribution in [-0.2, 0) is 0 Å². The molecule has 0 amide bonds. The molecule has 6 heteroatoms. The van der Waals surface area contributed by atoms with Crippen molar-refractivity contribution in [3.8, 4) is 5.75 Å². The van der Waals surface area contributed by atoms with Crippen molar-refractivity contribution in [2.45, 2.75) is 19.9 Å². The molecule has 0 saturated carbocycles. The van der Waals surface area contributed by atoms with Gasteiger partial charge in [0.2, 0.25) is 5.78 Å². The minimum absolute atomic E-state index is 0.100. The van der Waals surface area contributed by atoms with Crippen LogP contribution in [0, 0.1) is 13.8 Å². The van der Waals surface area contributed by atoms with Gasteiger partial charge in [0.1, 0.15) is 5.75 Å². The molecule has 110 valence electrons. The summed E-state index contributed by atoms with van der Waals surface area (Å²) in [6.07, 6.45) is 1.73. The fraction of sp³-hybridized carbons (Fsp3) is 0.400. The van der Waals surface area contributed by atoms with Gasteiger partial charge in [-0.1, -0.05) is 5.21 Å². The summed E-state index contributed by atoms with van der Waals surface area (Å²) in [6.45, 7) is 5.57. The van der Waals surface area contributed by atoms with Gasteiger partial charge in [0.25, 0.3) is 0 Å². The SMILES string of the molecule is COc1cc(C)c(C(=O)c2cn(C3CNC3)nn2)cc1C. The van der Waals surface area contributed by atoms with Crippen LogP contribution >= 0.6 is 0 Å². The predicted octanol–water partition coefficient (Wildman–Crippen LogP) is 1.28. The summed E-state index contributed by atoms with van der Waals surface area (Å²) in [5.74, 6) is 0.685. The van der Waals surface area contributed by atoms with Gasteiger partial charge < -0.3 is 10.1 Å². The zero-order valence-corrected chi connectivity index (χ0v) is 12.4. The molecule has 2 aromatic rings. The Kier molecular flexibility index (Phi) is 3.47. The first-order valence-corrected chi connectivity index (χ1v) is 6.92. The van der Waals surface area contributed by atoms with Crippen molar-refractivity contribution in [3.63, 3.8) is 0 Å². The van der Waals surface area contributed by atoms with E-state index in [2.05, 4.69) is 15.6 Å². The third-order valence-corrected chi connectivity index (χ3v) is 3.86. The van der Waals surface area contributed by atoms with Crippen LogP contribution in [0.3, 0.4) is 0 Å². The summed E-state index contributed by atoms with van der Waals surface area (Å²) in [6, 6.07) is 4.03. The quantitative estimate of drug-likeness (QED) is 0.857. The summed E-state index contributed by atoms with van der Waals surface area (Å²) < 4.78 is 7.03. The highest BCUT2D eigenvalue weighted by Crippen LogP contribution is 2.24. The normalized spacial score (nSPS) is 14.8. The van der Waals surface area contributed by atoms with E-state index in [1.165, 1.54) is 0 Å². The van der Waals surface area contributed by atoms with Crippen LogP contribution in [0.1, 0.15) is 33.2 Å². The van der Waals surface area contributed by atoms with Crippen molar-refractivity contribution in [2.24, 2.45) is 0 Å². The predicted molar refractivity (Wildman–Crippen MR) is 77.8 cm³/mol. The molecule has 1 aliphatic heterocycles. The van der Waals surface area contributed by atoms with E-state index in [1.807, 2.05) is 26.0 Å². The lowest BCUT2D eigenvalue weighted by atomic mass is 9.99. The summed E-state index contributed by atoms with van der Waals surface area (Å²) >= 11 is 0. The van der Waals surface area contributed by atoms with Crippen molar-refractivity contribution >= 4 is 5.78 Å². The molecule has 6 nitrogen and oxygen atoms in total. The summed E-state index contributed by atoms with van der Waals surface area (Å²) in [7, 11) is 1.63. The van der Waals surface area contributed by atoms with Gasteiger partial charge in [-0.05, 0) is 37.1 Å². The Morgan fingerprint density at radius 3 is 2.71 bits per heavy atom. The van der Waals surface area contributed by atoms with E-state index >= 15 is 0 Å². The van der Waals surface area contributed by atoms with Crippen LogP contribution < -0.4 is 10.1 Å². The number of ketones is 1. The number of methoxy groups -OCH3 is 1. The average Bonchev–Trinajstić information content (AvgIpc) is 2.87. The van der Waals surface area contributed by atoms with Gasteiger partial charge in [-0.2, -0.15) is 0 Å². The van der Waals surface area contributed by atoms with Crippen LogP contribution in [0.5, 0.6) is 5.75 Å². The fourth-order valence-electron chi connectivity index (χ4n) is 2.41. The Balaban J connectivity index is 1.91. The highest BCUT2D eigenvalue weighted by atomic mass is 16.5. The molecule has 0 unspecified atom stereocenters. The lowest BCUT2D eigenvalue weighted by Crippen LogP contribution is -2.43. The van der Waals surface area contributed by atoms with E-state index < -0.39 is 0 Å². The Morgan fingerprint density at radius 2 is 2.10 bits per heavy atom. The minimum atomic E-state index is -0.100. The van der Waals surface area contributed by atoms with Gasteiger partial charge in [-0.3, -0.25) is 4.79 Å². The number of nitrogens with one attached hydrogen (secondary N) is 1. The molecule has 0 radical (unpaired) electrons. The van der Waals surface area contributed by atoms with Crippen molar-refractivity contribution in [2.75, 3.05) is 20.2 Å². The number of carbonyl (C=O) groups excluding carboxylic acids is 1. The fourth-order valence-corrected chi connectivity index (χ4v) is 2.41. The molecular formula is C15H18N4O2. The van der Waals surface area contributed by atoms with Crippen molar-refractivity contribution in [3.05, 3.63) is 40.7 Å². The molecule has 2 heterocycles. The maximum absolute atomic E-state index is 12.6. The van der Waals surface area contributed by atoms with Crippen LogP contribution in [0.4, 0.5) is 0 Å². The highest BCUT2D eigenvalue weighted by Gasteiger charge is 2.23. The zero-order chi connectivity index (χ0) is 15.0. The smallest absolute Gasteiger partial charge is 0.215 e. The van der Waals surface area contributed by atoms with E-state index in [0.717, 1.165) is 30.0 Å². The van der Waals surface area contributed by atoms with Crippen molar-refractivity contribution in [1.29, 1.82) is 0 Å². The van der Waals surface area contributed by atoms with E-state index in [0.29, 0.717) is 17.3 Å². The summed E-state index contributed by atoms with van der Waals surface area (Å²) in [4.78, 5) is 12.6. The molecule has 0 bridgehead atoms. The number of aromatic nitrogens is 3. The molecule has 1 N–H and O–H groups in total. The summed E-state index contributed by atoms with van der Waals surface area (Å²) in [5, 5.41) is 11.2. The number of nitrogens with zero attached hydrogens (tertiary/aromatic N) is 3. The Labute approximate surface area is 123 Å². The first-order chi connectivity index (χ1) is 10.1. The number of hydrogen-bond donors (Lipinski definition) is 1. The van der Waals surface area contributed by atoms with Gasteiger partial charge in [-0.25, -0.2) is 4.68 Å². The number of benzene rings is 1. The number of aryl methyl sites for hydroxylation is 2. The molecule has 1 fully saturated rings. The van der Waals surface area contributed by atoms with Crippen LogP contribution in [-0.4, -0.2) is 41.0 Å². The lowest BCUT2D eigenvalue weighted by molar-refractivity contribution is 0.103. The molecule has 1 aromatic carbocycles.